The Morgan fingerprint density at radius 3 is 2.37 bits per heavy atom. The van der Waals surface area contributed by atoms with E-state index in [0.717, 1.165) is 43.6 Å². The lowest BCUT2D eigenvalue weighted by Gasteiger charge is -2.14. The minimum atomic E-state index is 0.356. The van der Waals surface area contributed by atoms with Crippen molar-refractivity contribution < 1.29 is 5.11 Å². The monoisotopic (exact) mass is 495 g/mol. The summed E-state index contributed by atoms with van der Waals surface area (Å²) in [7, 11) is 0. The third-order valence-electron chi connectivity index (χ3n) is 5.64. The van der Waals surface area contributed by atoms with Gasteiger partial charge in [0.05, 0.1) is 0 Å². The van der Waals surface area contributed by atoms with Crippen LogP contribution in [0.1, 0.15) is 51.2 Å². The number of aryl methyl sites for hydroxylation is 2. The SMILES string of the molecule is C=C/C(=C\C=C(/CC)SNCCN1CCCC1)Nc1ncc(CC)cn1.CCc1cccc(O)c1. The van der Waals surface area contributed by atoms with Gasteiger partial charge in [-0.25, -0.2) is 9.97 Å². The number of hydrogen-bond acceptors (Lipinski definition) is 7. The standard InChI is InChI=1S/C20H31N5S.C8H10O/c1-4-17-15-21-20(22-16-17)24-18(5-2)9-10-19(6-3)26-23-11-14-25-12-7-8-13-25;1-2-7-4-3-5-8(9)6-7/h5,9-10,15-16,23H,2,4,6-8,11-14H2,1,3H3,(H,21,22,24);3-6,9H,2H2,1H3/b18-9+,19-10+;. The molecule has 1 aliphatic rings. The highest BCUT2D eigenvalue weighted by molar-refractivity contribution is 8.01. The first kappa shape index (κ1) is 28.6. The van der Waals surface area contributed by atoms with Crippen molar-refractivity contribution in [1.29, 1.82) is 0 Å². The molecule has 0 saturated carbocycles. The molecule has 0 amide bonds. The average molecular weight is 496 g/mol. The van der Waals surface area contributed by atoms with Crippen LogP contribution < -0.4 is 10.0 Å². The zero-order valence-electron chi connectivity index (χ0n) is 21.5. The van der Waals surface area contributed by atoms with Crippen LogP contribution in [-0.2, 0) is 12.8 Å². The lowest BCUT2D eigenvalue weighted by molar-refractivity contribution is 0.345. The van der Waals surface area contributed by atoms with E-state index in [4.69, 9.17) is 5.11 Å². The predicted molar refractivity (Wildman–Crippen MR) is 150 cm³/mol. The van der Waals surface area contributed by atoms with Gasteiger partial charge < -0.3 is 15.3 Å². The van der Waals surface area contributed by atoms with Crippen molar-refractivity contribution in [3.8, 4) is 5.75 Å². The molecule has 1 aromatic carbocycles. The van der Waals surface area contributed by atoms with Gasteiger partial charge in [0.15, 0.2) is 0 Å². The van der Waals surface area contributed by atoms with Gasteiger partial charge in [0, 0.05) is 36.1 Å². The van der Waals surface area contributed by atoms with Crippen molar-refractivity contribution in [3.05, 3.63) is 83.2 Å². The fraction of sp³-hybridized carbons (Fsp3) is 0.429. The molecule has 2 aromatic rings. The Bertz CT molecular complexity index is 937. The summed E-state index contributed by atoms with van der Waals surface area (Å²) < 4.78 is 3.47. The summed E-state index contributed by atoms with van der Waals surface area (Å²) in [6, 6.07) is 7.31. The Labute approximate surface area is 215 Å². The van der Waals surface area contributed by atoms with Crippen LogP contribution in [0.5, 0.6) is 5.75 Å². The van der Waals surface area contributed by atoms with Gasteiger partial charge >= 0.3 is 0 Å². The summed E-state index contributed by atoms with van der Waals surface area (Å²) in [5.74, 6) is 0.950. The van der Waals surface area contributed by atoms with Crippen molar-refractivity contribution in [3.63, 3.8) is 0 Å². The van der Waals surface area contributed by atoms with E-state index >= 15 is 0 Å². The van der Waals surface area contributed by atoms with Crippen molar-refractivity contribution in [2.45, 2.75) is 52.9 Å². The Morgan fingerprint density at radius 2 is 1.80 bits per heavy atom. The Morgan fingerprint density at radius 1 is 1.09 bits per heavy atom. The first-order chi connectivity index (χ1) is 17.1. The first-order valence-electron chi connectivity index (χ1n) is 12.6. The van der Waals surface area contributed by atoms with Gasteiger partial charge in [0.1, 0.15) is 5.75 Å². The first-order valence-corrected chi connectivity index (χ1v) is 13.4. The second kappa shape index (κ2) is 16.9. The van der Waals surface area contributed by atoms with Crippen LogP contribution in [0.3, 0.4) is 0 Å². The summed E-state index contributed by atoms with van der Waals surface area (Å²) in [6.45, 7) is 14.8. The molecule has 0 aliphatic carbocycles. The van der Waals surface area contributed by atoms with Crippen molar-refractivity contribution in [2.24, 2.45) is 0 Å². The molecule has 3 N–H and O–H groups in total. The number of allylic oxidation sites excluding steroid dienone is 4. The molecule has 190 valence electrons. The largest absolute Gasteiger partial charge is 0.508 e. The number of aromatic hydroxyl groups is 1. The second-order valence-corrected chi connectivity index (χ2v) is 9.29. The highest BCUT2D eigenvalue weighted by atomic mass is 32.2. The highest BCUT2D eigenvalue weighted by Gasteiger charge is 2.10. The molecule has 3 rings (SSSR count). The van der Waals surface area contributed by atoms with Crippen LogP contribution in [0.4, 0.5) is 5.95 Å². The summed E-state index contributed by atoms with van der Waals surface area (Å²) in [6.07, 6.45) is 15.2. The average Bonchev–Trinajstić information content (AvgIpc) is 3.42. The number of rotatable bonds is 12. The lowest BCUT2D eigenvalue weighted by atomic mass is 10.2. The number of phenolic OH excluding ortho intramolecular Hbond substituents is 1. The smallest absolute Gasteiger partial charge is 0.227 e. The number of nitrogens with zero attached hydrogens (tertiary/aromatic N) is 3. The van der Waals surface area contributed by atoms with Crippen molar-refractivity contribution in [1.82, 2.24) is 19.6 Å². The molecule has 1 aromatic heterocycles. The molecule has 7 heteroatoms. The molecule has 1 fully saturated rings. The fourth-order valence-electron chi connectivity index (χ4n) is 3.43. The van der Waals surface area contributed by atoms with Crippen LogP contribution in [0.15, 0.2) is 72.1 Å². The van der Waals surface area contributed by atoms with E-state index in [9.17, 15) is 0 Å². The van der Waals surface area contributed by atoms with E-state index in [1.54, 1.807) is 30.2 Å². The normalized spacial score (nSPS) is 14.4. The van der Waals surface area contributed by atoms with Crippen LogP contribution in [0.25, 0.3) is 0 Å². The minimum absolute atomic E-state index is 0.356. The maximum Gasteiger partial charge on any atom is 0.227 e. The van der Waals surface area contributed by atoms with E-state index in [2.05, 4.69) is 58.3 Å². The van der Waals surface area contributed by atoms with Crippen LogP contribution in [0.2, 0.25) is 0 Å². The molecule has 0 bridgehead atoms. The van der Waals surface area contributed by atoms with Gasteiger partial charge in [0.25, 0.3) is 0 Å². The van der Waals surface area contributed by atoms with Gasteiger partial charge in [0.2, 0.25) is 5.95 Å². The maximum absolute atomic E-state index is 8.94. The van der Waals surface area contributed by atoms with Crippen molar-refractivity contribution >= 4 is 17.9 Å². The molecular formula is C28H41N5OS. The molecule has 2 heterocycles. The van der Waals surface area contributed by atoms with Gasteiger partial charge in [-0.1, -0.05) is 39.5 Å². The van der Waals surface area contributed by atoms with E-state index in [1.165, 1.54) is 36.4 Å². The summed E-state index contributed by atoms with van der Waals surface area (Å²) in [5, 5.41) is 12.1. The predicted octanol–water partition coefficient (Wildman–Crippen LogP) is 6.10. The van der Waals surface area contributed by atoms with Gasteiger partial charge in [-0.05, 0) is 98.6 Å². The zero-order valence-corrected chi connectivity index (χ0v) is 22.3. The van der Waals surface area contributed by atoms with E-state index < -0.39 is 0 Å². The van der Waals surface area contributed by atoms with Crippen LogP contribution >= 0.6 is 11.9 Å². The van der Waals surface area contributed by atoms with E-state index in [0.29, 0.717) is 11.7 Å². The molecule has 0 unspecified atom stereocenters. The van der Waals surface area contributed by atoms with Gasteiger partial charge in [-0.2, -0.15) is 0 Å². The maximum atomic E-state index is 8.94. The lowest BCUT2D eigenvalue weighted by Crippen LogP contribution is -2.27. The van der Waals surface area contributed by atoms with Crippen LogP contribution in [-0.4, -0.2) is 46.2 Å². The van der Waals surface area contributed by atoms with Crippen LogP contribution in [0, 0.1) is 0 Å². The molecule has 6 nitrogen and oxygen atoms in total. The van der Waals surface area contributed by atoms with E-state index in [1.807, 2.05) is 30.6 Å². The summed E-state index contributed by atoms with van der Waals surface area (Å²) >= 11 is 1.72. The zero-order chi connectivity index (χ0) is 25.3. The molecule has 1 saturated heterocycles. The van der Waals surface area contributed by atoms with Gasteiger partial charge in [-0.15, -0.1) is 0 Å². The number of anilines is 1. The number of phenols is 1. The Balaban J connectivity index is 0.000000402. The summed E-state index contributed by atoms with van der Waals surface area (Å²) in [4.78, 5) is 12.5. The molecule has 0 spiro atoms. The van der Waals surface area contributed by atoms with E-state index in [-0.39, 0.29) is 0 Å². The molecule has 1 aliphatic heterocycles. The quantitative estimate of drug-likeness (QED) is 0.187. The van der Waals surface area contributed by atoms with Gasteiger partial charge in [-0.3, -0.25) is 4.72 Å². The number of likely N-dealkylation sites (tertiary alicyclic amines) is 1. The van der Waals surface area contributed by atoms with Crippen molar-refractivity contribution in [2.75, 3.05) is 31.5 Å². The number of benzene rings is 1. The fourth-order valence-corrected chi connectivity index (χ4v) is 4.09. The minimum Gasteiger partial charge on any atom is -0.508 e. The Kier molecular flexibility index (Phi) is 13.8. The highest BCUT2D eigenvalue weighted by Crippen LogP contribution is 2.17. The molecule has 0 radical (unpaired) electrons. The number of aromatic nitrogens is 2. The topological polar surface area (TPSA) is 73.3 Å². The third-order valence-corrected chi connectivity index (χ3v) is 6.67. The number of nitrogens with one attached hydrogen (secondary N) is 2. The molecular weight excluding hydrogens is 454 g/mol. The summed E-state index contributed by atoms with van der Waals surface area (Å²) in [5.41, 5.74) is 3.19. The molecule has 35 heavy (non-hydrogen) atoms. The third kappa shape index (κ3) is 11.6. The second-order valence-electron chi connectivity index (χ2n) is 8.27. The molecule has 0 atom stereocenters. The Hall–Kier alpha value is -2.61. The number of hydrogen-bond donors (Lipinski definition) is 3.